The SMILES string of the molecule is Cc1ccccc1S(=O)(=O)NCCCI. The van der Waals surface area contributed by atoms with E-state index in [0.29, 0.717) is 11.4 Å². The van der Waals surface area contributed by atoms with Crippen molar-refractivity contribution in [3.63, 3.8) is 0 Å². The fraction of sp³-hybridized carbons (Fsp3) is 0.400. The van der Waals surface area contributed by atoms with Gasteiger partial charge in [-0.3, -0.25) is 0 Å². The first-order valence-corrected chi connectivity index (χ1v) is 7.70. The number of benzene rings is 1. The van der Waals surface area contributed by atoms with Crippen molar-refractivity contribution in [3.05, 3.63) is 29.8 Å². The number of sulfonamides is 1. The van der Waals surface area contributed by atoms with Gasteiger partial charge in [-0.05, 0) is 25.0 Å². The van der Waals surface area contributed by atoms with Crippen LogP contribution in [0.4, 0.5) is 0 Å². The highest BCUT2D eigenvalue weighted by Crippen LogP contribution is 2.13. The summed E-state index contributed by atoms with van der Waals surface area (Å²) >= 11 is 2.23. The van der Waals surface area contributed by atoms with Crippen LogP contribution < -0.4 is 4.72 Å². The number of aryl methyl sites for hydroxylation is 1. The average molecular weight is 339 g/mol. The molecule has 5 heteroatoms. The summed E-state index contributed by atoms with van der Waals surface area (Å²) in [4.78, 5) is 0.374. The monoisotopic (exact) mass is 339 g/mol. The number of nitrogens with one attached hydrogen (secondary N) is 1. The molecular weight excluding hydrogens is 325 g/mol. The summed E-state index contributed by atoms with van der Waals surface area (Å²) in [5.41, 5.74) is 0.777. The van der Waals surface area contributed by atoms with Crippen LogP contribution in [-0.4, -0.2) is 19.4 Å². The lowest BCUT2D eigenvalue weighted by molar-refractivity contribution is 0.580. The van der Waals surface area contributed by atoms with Crippen molar-refractivity contribution in [3.8, 4) is 0 Å². The number of hydrogen-bond donors (Lipinski definition) is 1. The normalized spacial score (nSPS) is 11.6. The zero-order chi connectivity index (χ0) is 11.3. The molecule has 0 saturated carbocycles. The third kappa shape index (κ3) is 3.73. The fourth-order valence-electron chi connectivity index (χ4n) is 1.21. The molecule has 1 aromatic rings. The van der Waals surface area contributed by atoms with Crippen molar-refractivity contribution >= 4 is 32.6 Å². The van der Waals surface area contributed by atoms with Crippen LogP contribution in [0.3, 0.4) is 0 Å². The predicted molar refractivity (Wildman–Crippen MR) is 69.9 cm³/mol. The summed E-state index contributed by atoms with van der Waals surface area (Å²) in [6.45, 7) is 2.30. The van der Waals surface area contributed by atoms with Gasteiger partial charge in [-0.15, -0.1) is 0 Å². The Morgan fingerprint density at radius 1 is 1.33 bits per heavy atom. The molecule has 0 aliphatic rings. The fourth-order valence-corrected chi connectivity index (χ4v) is 2.91. The molecule has 0 unspecified atom stereocenters. The molecule has 0 atom stereocenters. The molecule has 0 saturated heterocycles. The maximum absolute atomic E-state index is 11.8. The number of rotatable bonds is 5. The maximum atomic E-state index is 11.8. The first-order chi connectivity index (χ1) is 7.08. The van der Waals surface area contributed by atoms with Crippen LogP contribution in [0.1, 0.15) is 12.0 Å². The van der Waals surface area contributed by atoms with Gasteiger partial charge >= 0.3 is 0 Å². The van der Waals surface area contributed by atoms with E-state index in [4.69, 9.17) is 0 Å². The van der Waals surface area contributed by atoms with Crippen molar-refractivity contribution < 1.29 is 8.42 Å². The average Bonchev–Trinajstić information content (AvgIpc) is 2.18. The van der Waals surface area contributed by atoms with Gasteiger partial charge in [0.2, 0.25) is 10.0 Å². The Morgan fingerprint density at radius 3 is 2.60 bits per heavy atom. The summed E-state index contributed by atoms with van der Waals surface area (Å²) < 4.78 is 27.2. The van der Waals surface area contributed by atoms with Gasteiger partial charge in [0.15, 0.2) is 0 Å². The van der Waals surface area contributed by atoms with Gasteiger partial charge in [0.05, 0.1) is 4.90 Å². The molecule has 0 amide bonds. The van der Waals surface area contributed by atoms with E-state index in [2.05, 4.69) is 27.3 Å². The predicted octanol–water partition coefficient (Wildman–Crippen LogP) is 2.10. The molecule has 84 valence electrons. The Morgan fingerprint density at radius 2 is 2.00 bits per heavy atom. The third-order valence-corrected chi connectivity index (χ3v) is 4.37. The Labute approximate surface area is 104 Å². The third-order valence-electron chi connectivity index (χ3n) is 1.99. The molecule has 0 aromatic heterocycles. The highest BCUT2D eigenvalue weighted by molar-refractivity contribution is 14.1. The highest BCUT2D eigenvalue weighted by atomic mass is 127. The van der Waals surface area contributed by atoms with Crippen LogP contribution in [-0.2, 0) is 10.0 Å². The Balaban J connectivity index is 2.83. The standard InChI is InChI=1S/C10H14INO2S/c1-9-5-2-3-6-10(9)15(13,14)12-8-4-7-11/h2-3,5-6,12H,4,7-8H2,1H3. The van der Waals surface area contributed by atoms with Gasteiger partial charge < -0.3 is 0 Å². The Kier molecular flexibility index (Phi) is 5.01. The topological polar surface area (TPSA) is 46.2 Å². The zero-order valence-electron chi connectivity index (χ0n) is 8.53. The van der Waals surface area contributed by atoms with E-state index in [1.54, 1.807) is 25.1 Å². The Bertz CT molecular complexity index is 417. The van der Waals surface area contributed by atoms with E-state index in [1.165, 1.54) is 0 Å². The van der Waals surface area contributed by atoms with Gasteiger partial charge in [0.25, 0.3) is 0 Å². The van der Waals surface area contributed by atoms with E-state index in [1.807, 2.05) is 6.07 Å². The molecule has 0 fully saturated rings. The summed E-state index contributed by atoms with van der Waals surface area (Å²) in [6, 6.07) is 6.99. The molecule has 1 N–H and O–H groups in total. The van der Waals surface area contributed by atoms with E-state index in [9.17, 15) is 8.42 Å². The molecule has 0 aliphatic carbocycles. The molecule has 0 aliphatic heterocycles. The first-order valence-electron chi connectivity index (χ1n) is 4.69. The second kappa shape index (κ2) is 5.81. The van der Waals surface area contributed by atoms with Crippen molar-refractivity contribution in [1.82, 2.24) is 4.72 Å². The number of hydrogen-bond acceptors (Lipinski definition) is 2. The minimum atomic E-state index is -3.32. The van der Waals surface area contributed by atoms with Gasteiger partial charge in [-0.1, -0.05) is 40.8 Å². The van der Waals surface area contributed by atoms with Crippen LogP contribution in [0.2, 0.25) is 0 Å². The van der Waals surface area contributed by atoms with Crippen molar-refractivity contribution in [2.75, 3.05) is 11.0 Å². The molecular formula is C10H14INO2S. The Hall–Kier alpha value is -0.140. The number of halogens is 1. The second-order valence-corrected chi connectivity index (χ2v) is 6.02. The van der Waals surface area contributed by atoms with Gasteiger partial charge in [-0.2, -0.15) is 0 Å². The molecule has 3 nitrogen and oxygen atoms in total. The van der Waals surface area contributed by atoms with E-state index >= 15 is 0 Å². The van der Waals surface area contributed by atoms with Crippen LogP contribution in [0.5, 0.6) is 0 Å². The van der Waals surface area contributed by atoms with Gasteiger partial charge in [-0.25, -0.2) is 13.1 Å². The van der Waals surface area contributed by atoms with Crippen molar-refractivity contribution in [2.45, 2.75) is 18.2 Å². The maximum Gasteiger partial charge on any atom is 0.240 e. The zero-order valence-corrected chi connectivity index (χ0v) is 11.5. The summed E-state index contributed by atoms with van der Waals surface area (Å²) in [5.74, 6) is 0. The van der Waals surface area contributed by atoms with Crippen LogP contribution >= 0.6 is 22.6 Å². The summed E-state index contributed by atoms with van der Waals surface area (Å²) in [5, 5.41) is 0. The van der Waals surface area contributed by atoms with E-state index < -0.39 is 10.0 Å². The van der Waals surface area contributed by atoms with E-state index in [-0.39, 0.29) is 0 Å². The number of alkyl halides is 1. The summed E-state index contributed by atoms with van der Waals surface area (Å²) in [7, 11) is -3.32. The lowest BCUT2D eigenvalue weighted by Gasteiger charge is -2.07. The molecule has 1 aromatic carbocycles. The first kappa shape index (κ1) is 12.9. The lowest BCUT2D eigenvalue weighted by Crippen LogP contribution is -2.25. The quantitative estimate of drug-likeness (QED) is 0.507. The molecule has 0 heterocycles. The van der Waals surface area contributed by atoms with Crippen molar-refractivity contribution in [2.24, 2.45) is 0 Å². The van der Waals surface area contributed by atoms with Gasteiger partial charge in [0, 0.05) is 11.0 Å². The van der Waals surface area contributed by atoms with Crippen LogP contribution in [0.25, 0.3) is 0 Å². The van der Waals surface area contributed by atoms with Gasteiger partial charge in [0.1, 0.15) is 0 Å². The smallest absolute Gasteiger partial charge is 0.211 e. The lowest BCUT2D eigenvalue weighted by atomic mass is 10.2. The molecule has 15 heavy (non-hydrogen) atoms. The summed E-state index contributed by atoms with van der Waals surface area (Å²) in [6.07, 6.45) is 0.853. The largest absolute Gasteiger partial charge is 0.240 e. The van der Waals surface area contributed by atoms with Crippen LogP contribution in [0, 0.1) is 6.92 Å². The molecule has 1 rings (SSSR count). The second-order valence-electron chi connectivity index (χ2n) is 3.21. The minimum Gasteiger partial charge on any atom is -0.211 e. The highest BCUT2D eigenvalue weighted by Gasteiger charge is 2.14. The molecule has 0 radical (unpaired) electrons. The van der Waals surface area contributed by atoms with Crippen molar-refractivity contribution in [1.29, 1.82) is 0 Å². The molecule has 0 spiro atoms. The van der Waals surface area contributed by atoms with Crippen LogP contribution in [0.15, 0.2) is 29.2 Å². The minimum absolute atomic E-state index is 0.374. The molecule has 0 bridgehead atoms. The van der Waals surface area contributed by atoms with E-state index in [0.717, 1.165) is 16.4 Å².